The summed E-state index contributed by atoms with van der Waals surface area (Å²) >= 11 is 0. The Kier molecular flexibility index (Phi) is 5.93. The fourth-order valence-electron chi connectivity index (χ4n) is 3.31. The average molecular weight is 466 g/mol. The topological polar surface area (TPSA) is 87.4 Å². The van der Waals surface area contributed by atoms with Crippen molar-refractivity contribution in [1.29, 1.82) is 0 Å². The zero-order chi connectivity index (χ0) is 23.8. The third-order valence-corrected chi connectivity index (χ3v) is 4.94. The van der Waals surface area contributed by atoms with Crippen molar-refractivity contribution in [3.63, 3.8) is 0 Å². The number of carbonyl (C=O) groups is 1. The van der Waals surface area contributed by atoms with E-state index in [0.717, 1.165) is 12.1 Å². The van der Waals surface area contributed by atoms with Gasteiger partial charge < -0.3 is 14.8 Å². The number of carbonyl (C=O) groups excluding carboxylic acids is 1. The smallest absolute Gasteiger partial charge is 0.422 e. The maximum absolute atomic E-state index is 15.0. The number of amides is 1. The van der Waals surface area contributed by atoms with E-state index < -0.39 is 47.2 Å². The molecule has 0 saturated carbocycles. The highest BCUT2D eigenvalue weighted by Gasteiger charge is 2.30. The van der Waals surface area contributed by atoms with Gasteiger partial charge in [-0.15, -0.1) is 5.10 Å². The van der Waals surface area contributed by atoms with Crippen molar-refractivity contribution < 1.29 is 31.8 Å². The lowest BCUT2D eigenvalue weighted by molar-refractivity contribution is -0.153. The van der Waals surface area contributed by atoms with Gasteiger partial charge in [0.25, 0.3) is 5.91 Å². The van der Waals surface area contributed by atoms with Crippen LogP contribution in [0.5, 0.6) is 5.75 Å². The van der Waals surface area contributed by atoms with Gasteiger partial charge in [-0.3, -0.25) is 9.36 Å². The first-order valence-corrected chi connectivity index (χ1v) is 9.81. The maximum Gasteiger partial charge on any atom is 0.422 e. The molecule has 1 aliphatic rings. The molecule has 174 valence electrons. The molecule has 0 fully saturated rings. The van der Waals surface area contributed by atoms with Crippen molar-refractivity contribution in [3.8, 4) is 11.4 Å². The molecule has 2 aromatic carbocycles. The number of nitrogens with zero attached hydrogens (tertiary/aromatic N) is 3. The van der Waals surface area contributed by atoms with Crippen LogP contribution >= 0.6 is 0 Å². The monoisotopic (exact) mass is 466 g/mol. The Bertz CT molecular complexity index is 1270. The van der Waals surface area contributed by atoms with E-state index in [9.17, 15) is 22.8 Å². The summed E-state index contributed by atoms with van der Waals surface area (Å²) in [6.07, 6.45) is -4.71. The summed E-state index contributed by atoms with van der Waals surface area (Å²) in [6.45, 7) is 0.490. The number of hydrogen-bond donors (Lipinski definition) is 1. The molecular weight excluding hydrogens is 448 g/mol. The normalized spacial score (nSPS) is 13.5. The van der Waals surface area contributed by atoms with Crippen molar-refractivity contribution in [2.75, 3.05) is 18.5 Å². The first-order valence-electron chi connectivity index (χ1n) is 9.81. The number of fused-ring (bicyclic) bond motifs is 1. The first kappa shape index (κ1) is 22.5. The Balaban J connectivity index is 1.76. The van der Waals surface area contributed by atoms with Gasteiger partial charge in [-0.1, -0.05) is 18.2 Å². The van der Waals surface area contributed by atoms with Gasteiger partial charge in [-0.2, -0.15) is 17.9 Å². The van der Waals surface area contributed by atoms with Gasteiger partial charge in [0, 0.05) is 11.8 Å². The molecule has 3 aromatic rings. The second-order valence-corrected chi connectivity index (χ2v) is 7.29. The summed E-state index contributed by atoms with van der Waals surface area (Å²) in [6, 6.07) is 8.28. The average Bonchev–Trinajstić information content (AvgIpc) is 3.10. The molecule has 0 bridgehead atoms. The number of hydrogen-bond acceptors (Lipinski definition) is 5. The Morgan fingerprint density at radius 3 is 2.73 bits per heavy atom. The molecule has 1 N–H and O–H groups in total. The standard InChI is InChI=1S/C21H18F4N4O4/c1-12-4-2-3-5-15(12)26-19(30)13-8-14(22)16(9-17(13)33-11-21(23,24)25)29-20(31)28-6-7-32-10-18(28)27-29/h2-5,8-9H,6-7,10-11H2,1H3,(H,26,30). The van der Waals surface area contributed by atoms with Crippen molar-refractivity contribution in [3.05, 3.63) is 69.7 Å². The van der Waals surface area contributed by atoms with E-state index in [1.54, 1.807) is 31.2 Å². The van der Waals surface area contributed by atoms with Crippen LogP contribution in [0.25, 0.3) is 5.69 Å². The van der Waals surface area contributed by atoms with Crippen molar-refractivity contribution in [2.45, 2.75) is 26.3 Å². The van der Waals surface area contributed by atoms with Gasteiger partial charge in [-0.05, 0) is 24.6 Å². The number of aromatic nitrogens is 3. The van der Waals surface area contributed by atoms with Crippen molar-refractivity contribution >= 4 is 11.6 Å². The van der Waals surface area contributed by atoms with E-state index in [1.165, 1.54) is 4.57 Å². The Labute approximate surface area is 184 Å². The van der Waals surface area contributed by atoms with Gasteiger partial charge in [0.05, 0.1) is 18.7 Å². The summed E-state index contributed by atoms with van der Waals surface area (Å²) in [5, 5.41) is 6.54. The van der Waals surface area contributed by atoms with Crippen LogP contribution in [0.15, 0.2) is 41.2 Å². The van der Waals surface area contributed by atoms with Crippen LogP contribution < -0.4 is 15.7 Å². The van der Waals surface area contributed by atoms with Gasteiger partial charge in [-0.25, -0.2) is 9.18 Å². The number of nitrogens with one attached hydrogen (secondary N) is 1. The molecule has 0 unspecified atom stereocenters. The van der Waals surface area contributed by atoms with Gasteiger partial charge in [0.2, 0.25) is 0 Å². The molecule has 0 radical (unpaired) electrons. The highest BCUT2D eigenvalue weighted by Crippen LogP contribution is 2.28. The molecule has 4 rings (SSSR count). The molecule has 8 nitrogen and oxygen atoms in total. The summed E-state index contributed by atoms with van der Waals surface area (Å²) < 4.78 is 65.5. The highest BCUT2D eigenvalue weighted by molar-refractivity contribution is 6.06. The molecule has 0 saturated heterocycles. The van der Waals surface area contributed by atoms with E-state index in [4.69, 9.17) is 9.47 Å². The van der Waals surface area contributed by atoms with Gasteiger partial charge in [0.15, 0.2) is 12.4 Å². The maximum atomic E-state index is 15.0. The number of halogens is 4. The second kappa shape index (κ2) is 8.70. The molecule has 0 atom stereocenters. The summed E-state index contributed by atoms with van der Waals surface area (Å²) in [7, 11) is 0. The Morgan fingerprint density at radius 2 is 2.03 bits per heavy atom. The lowest BCUT2D eigenvalue weighted by Crippen LogP contribution is -2.29. The number of anilines is 1. The molecule has 1 amide bonds. The fourth-order valence-corrected chi connectivity index (χ4v) is 3.31. The van der Waals surface area contributed by atoms with Crippen molar-refractivity contribution in [1.82, 2.24) is 14.3 Å². The first-order chi connectivity index (χ1) is 15.6. The predicted octanol–water partition coefficient (Wildman–Crippen LogP) is 3.21. The molecule has 1 aromatic heterocycles. The lowest BCUT2D eigenvalue weighted by atomic mass is 10.1. The molecule has 0 aliphatic carbocycles. The van der Waals surface area contributed by atoms with Crippen LogP contribution in [0.1, 0.15) is 21.7 Å². The largest absolute Gasteiger partial charge is 0.483 e. The molecular formula is C21H18F4N4O4. The fraction of sp³-hybridized carbons (Fsp3) is 0.286. The number of aryl methyl sites for hydroxylation is 1. The van der Waals surface area contributed by atoms with E-state index >= 15 is 4.39 Å². The van der Waals surface area contributed by atoms with Gasteiger partial charge >= 0.3 is 11.9 Å². The molecule has 0 spiro atoms. The van der Waals surface area contributed by atoms with E-state index in [2.05, 4.69) is 10.4 Å². The number of benzene rings is 2. The number of alkyl halides is 3. The van der Waals surface area contributed by atoms with Gasteiger partial charge in [0.1, 0.15) is 23.9 Å². The van der Waals surface area contributed by atoms with Crippen LogP contribution in [-0.4, -0.2) is 39.6 Å². The zero-order valence-corrected chi connectivity index (χ0v) is 17.3. The molecule has 33 heavy (non-hydrogen) atoms. The Morgan fingerprint density at radius 1 is 1.27 bits per heavy atom. The number of para-hydroxylation sites is 1. The third kappa shape index (κ3) is 4.75. The summed E-state index contributed by atoms with van der Waals surface area (Å²) in [5.74, 6) is -2.23. The van der Waals surface area contributed by atoms with Crippen molar-refractivity contribution in [2.24, 2.45) is 0 Å². The second-order valence-electron chi connectivity index (χ2n) is 7.29. The quantitative estimate of drug-likeness (QED) is 0.584. The number of rotatable bonds is 5. The zero-order valence-electron chi connectivity index (χ0n) is 17.3. The summed E-state index contributed by atoms with van der Waals surface area (Å²) in [4.78, 5) is 25.4. The molecule has 2 heterocycles. The third-order valence-electron chi connectivity index (χ3n) is 4.94. The predicted molar refractivity (Wildman–Crippen MR) is 108 cm³/mol. The van der Waals surface area contributed by atoms with E-state index in [1.807, 2.05) is 0 Å². The van der Waals surface area contributed by atoms with Crippen LogP contribution in [0.2, 0.25) is 0 Å². The summed E-state index contributed by atoms with van der Waals surface area (Å²) in [5.41, 5.74) is -0.522. The van der Waals surface area contributed by atoms with Crippen LogP contribution in [0.3, 0.4) is 0 Å². The van der Waals surface area contributed by atoms with E-state index in [-0.39, 0.29) is 25.6 Å². The highest BCUT2D eigenvalue weighted by atomic mass is 19.4. The SMILES string of the molecule is Cc1ccccc1NC(=O)c1cc(F)c(-n2nc3n(c2=O)CCOC3)cc1OCC(F)(F)F. The molecule has 12 heteroatoms. The minimum Gasteiger partial charge on any atom is -0.483 e. The van der Waals surface area contributed by atoms with Crippen LogP contribution in [0, 0.1) is 12.7 Å². The molecule has 1 aliphatic heterocycles. The Hall–Kier alpha value is -3.67. The van der Waals surface area contributed by atoms with Crippen LogP contribution in [0.4, 0.5) is 23.2 Å². The number of ether oxygens (including phenoxy) is 2. The van der Waals surface area contributed by atoms with Crippen LogP contribution in [-0.2, 0) is 17.9 Å². The van der Waals surface area contributed by atoms with E-state index in [0.29, 0.717) is 15.9 Å². The minimum absolute atomic E-state index is 0.0260. The lowest BCUT2D eigenvalue weighted by Gasteiger charge is -2.15. The minimum atomic E-state index is -4.71.